The van der Waals surface area contributed by atoms with E-state index < -0.39 is 0 Å². The largest absolute Gasteiger partial charge is 0.508 e. The number of allylic oxidation sites excluding steroid dienone is 5. The Kier molecular flexibility index (Phi) is 11.9. The van der Waals surface area contributed by atoms with Crippen LogP contribution in [0.5, 0.6) is 11.5 Å². The van der Waals surface area contributed by atoms with Crippen molar-refractivity contribution in [3.8, 4) is 11.5 Å². The number of aliphatic hydroxyl groups is 2. The predicted octanol–water partition coefficient (Wildman–Crippen LogP) is 6.91. The number of rotatable bonds is 13. The summed E-state index contributed by atoms with van der Waals surface area (Å²) in [7, 11) is 0. The molecule has 0 amide bonds. The first-order valence-electron chi connectivity index (χ1n) is 14.7. The van der Waals surface area contributed by atoms with Crippen LogP contribution in [0.1, 0.15) is 102 Å². The summed E-state index contributed by atoms with van der Waals surface area (Å²) >= 11 is 0. The molecule has 1 aromatic rings. The minimum absolute atomic E-state index is 0.0666. The molecule has 0 bridgehead atoms. The zero-order valence-electron chi connectivity index (χ0n) is 24.3. The van der Waals surface area contributed by atoms with Gasteiger partial charge in [-0.1, -0.05) is 35.8 Å². The van der Waals surface area contributed by atoms with Gasteiger partial charge in [0.2, 0.25) is 0 Å². The van der Waals surface area contributed by atoms with Crippen molar-refractivity contribution < 1.29 is 20.1 Å². The van der Waals surface area contributed by atoms with Crippen molar-refractivity contribution in [2.75, 3.05) is 26.3 Å². The number of aliphatic hydroxyl groups excluding tert-OH is 2. The lowest BCUT2D eigenvalue weighted by Gasteiger charge is -2.38. The van der Waals surface area contributed by atoms with Crippen molar-refractivity contribution in [1.82, 2.24) is 4.90 Å². The van der Waals surface area contributed by atoms with Gasteiger partial charge in [0.25, 0.3) is 0 Å². The predicted molar refractivity (Wildman–Crippen MR) is 157 cm³/mol. The Morgan fingerprint density at radius 1 is 0.974 bits per heavy atom. The van der Waals surface area contributed by atoms with E-state index in [-0.39, 0.29) is 18.8 Å². The lowest BCUT2D eigenvalue weighted by atomic mass is 9.85. The number of aromatic hydroxyl groups is 1. The van der Waals surface area contributed by atoms with Gasteiger partial charge >= 0.3 is 0 Å². The van der Waals surface area contributed by atoms with Gasteiger partial charge in [0.05, 0.1) is 13.2 Å². The SMILES string of the molecule is C/C(=C\CC/C(C)=C/CC[C@]1(C)CCc2c(CN3CCCCC3)c(O)cc(C)c2O1)CCC=C(CO)CO. The van der Waals surface area contributed by atoms with Crippen LogP contribution < -0.4 is 4.74 Å². The lowest BCUT2D eigenvalue weighted by Crippen LogP contribution is -2.37. The fourth-order valence-corrected chi connectivity index (χ4v) is 5.73. The first kappa shape index (κ1) is 30.5. The van der Waals surface area contributed by atoms with Crippen LogP contribution in [0.3, 0.4) is 0 Å². The van der Waals surface area contributed by atoms with Crippen LogP contribution >= 0.6 is 0 Å². The van der Waals surface area contributed by atoms with Crippen LogP contribution in [0, 0.1) is 6.92 Å². The standard InChI is InChI=1S/C33H51NO4/c1-25(13-9-15-28(23-35)24-36)11-8-12-26(2)14-10-17-33(4)18-16-29-30(22-34-19-6-5-7-20-34)31(37)21-27(3)32(29)38-33/h11,14-15,21,35-37H,5-10,12-13,16-20,22-24H2,1-4H3/b25-11+,26-14+/t33-/m1/s1. The second-order valence-corrected chi connectivity index (χ2v) is 11.8. The first-order valence-corrected chi connectivity index (χ1v) is 14.7. The van der Waals surface area contributed by atoms with Gasteiger partial charge in [0.1, 0.15) is 17.1 Å². The highest BCUT2D eigenvalue weighted by Crippen LogP contribution is 2.43. The maximum atomic E-state index is 10.8. The van der Waals surface area contributed by atoms with Gasteiger partial charge in [-0.3, -0.25) is 4.90 Å². The fourth-order valence-electron chi connectivity index (χ4n) is 5.73. The second kappa shape index (κ2) is 14.9. The average Bonchev–Trinajstić information content (AvgIpc) is 2.90. The normalized spacial score (nSPS) is 20.7. The van der Waals surface area contributed by atoms with E-state index in [4.69, 9.17) is 14.9 Å². The lowest BCUT2D eigenvalue weighted by molar-refractivity contribution is 0.0554. The van der Waals surface area contributed by atoms with E-state index in [1.807, 2.05) is 12.1 Å². The van der Waals surface area contributed by atoms with E-state index in [1.54, 1.807) is 0 Å². The van der Waals surface area contributed by atoms with Crippen LogP contribution in [-0.4, -0.2) is 52.1 Å². The summed E-state index contributed by atoms with van der Waals surface area (Å²) in [5.74, 6) is 1.43. The van der Waals surface area contributed by atoms with Gasteiger partial charge in [-0.2, -0.15) is 0 Å². The van der Waals surface area contributed by atoms with Crippen molar-refractivity contribution in [3.63, 3.8) is 0 Å². The summed E-state index contributed by atoms with van der Waals surface area (Å²) in [6.07, 6.45) is 18.3. The van der Waals surface area contributed by atoms with Gasteiger partial charge in [0.15, 0.2) is 0 Å². The highest BCUT2D eigenvalue weighted by molar-refractivity contribution is 5.54. The number of ether oxygens (including phenoxy) is 1. The first-order chi connectivity index (χ1) is 18.2. The second-order valence-electron chi connectivity index (χ2n) is 11.8. The highest BCUT2D eigenvalue weighted by Gasteiger charge is 2.34. The summed E-state index contributed by atoms with van der Waals surface area (Å²) in [4.78, 5) is 2.48. The Bertz CT molecular complexity index is 997. The van der Waals surface area contributed by atoms with Gasteiger partial charge in [-0.15, -0.1) is 0 Å². The Balaban J connectivity index is 1.51. The number of phenolic OH excluding ortho intramolecular Hbond substituents is 1. The number of phenols is 1. The van der Waals surface area contributed by atoms with Gasteiger partial charge in [-0.25, -0.2) is 0 Å². The fraction of sp³-hybridized carbons (Fsp3) is 0.636. The van der Waals surface area contributed by atoms with Crippen LogP contribution in [0.2, 0.25) is 0 Å². The molecule has 2 aliphatic rings. The molecule has 212 valence electrons. The third-order valence-electron chi connectivity index (χ3n) is 8.32. The summed E-state index contributed by atoms with van der Waals surface area (Å²) in [6, 6.07) is 1.90. The van der Waals surface area contributed by atoms with Gasteiger partial charge in [-0.05, 0) is 122 Å². The van der Waals surface area contributed by atoms with Crippen molar-refractivity contribution in [2.45, 2.75) is 110 Å². The topological polar surface area (TPSA) is 73.2 Å². The Morgan fingerprint density at radius 3 is 2.26 bits per heavy atom. The molecule has 5 nitrogen and oxygen atoms in total. The molecule has 38 heavy (non-hydrogen) atoms. The molecule has 0 aromatic heterocycles. The zero-order chi connectivity index (χ0) is 27.5. The summed E-state index contributed by atoms with van der Waals surface area (Å²) in [5.41, 5.74) is 6.63. The molecular weight excluding hydrogens is 474 g/mol. The Hall–Kier alpha value is -2.08. The van der Waals surface area contributed by atoms with Crippen LogP contribution in [0.4, 0.5) is 0 Å². The quantitative estimate of drug-likeness (QED) is 0.244. The molecule has 0 unspecified atom stereocenters. The number of hydrogen-bond acceptors (Lipinski definition) is 5. The van der Waals surface area contributed by atoms with Crippen molar-refractivity contribution in [3.05, 3.63) is 57.7 Å². The molecule has 2 heterocycles. The molecule has 0 saturated carbocycles. The van der Waals surface area contributed by atoms with Crippen molar-refractivity contribution in [1.29, 1.82) is 0 Å². The monoisotopic (exact) mass is 525 g/mol. The van der Waals surface area contributed by atoms with E-state index in [0.29, 0.717) is 11.3 Å². The Morgan fingerprint density at radius 2 is 1.61 bits per heavy atom. The number of piperidine rings is 1. The van der Waals surface area contributed by atoms with Crippen molar-refractivity contribution >= 4 is 0 Å². The molecule has 3 N–H and O–H groups in total. The summed E-state index contributed by atoms with van der Waals surface area (Å²) in [5, 5.41) is 29.0. The number of fused-ring (bicyclic) bond motifs is 1. The molecule has 1 fully saturated rings. The van der Waals surface area contributed by atoms with Crippen molar-refractivity contribution in [2.24, 2.45) is 0 Å². The third-order valence-corrected chi connectivity index (χ3v) is 8.32. The highest BCUT2D eigenvalue weighted by atomic mass is 16.5. The van der Waals surface area contributed by atoms with Crippen LogP contribution in [0.25, 0.3) is 0 Å². The number of hydrogen-bond donors (Lipinski definition) is 3. The van der Waals surface area contributed by atoms with Gasteiger partial charge in [0, 0.05) is 17.7 Å². The molecule has 0 spiro atoms. The average molecular weight is 526 g/mol. The summed E-state index contributed by atoms with van der Waals surface area (Å²) in [6.45, 7) is 11.6. The molecule has 3 rings (SSSR count). The maximum Gasteiger partial charge on any atom is 0.126 e. The molecular formula is C33H51NO4. The van der Waals surface area contributed by atoms with Gasteiger partial charge < -0.3 is 20.1 Å². The molecule has 2 aliphatic heterocycles. The Labute approximate surface area is 230 Å². The third kappa shape index (κ3) is 9.00. The molecule has 0 aliphatic carbocycles. The maximum absolute atomic E-state index is 10.8. The molecule has 5 heteroatoms. The number of nitrogens with zero attached hydrogens (tertiary/aromatic N) is 1. The van der Waals surface area contributed by atoms with E-state index in [0.717, 1.165) is 87.9 Å². The molecule has 1 aromatic carbocycles. The smallest absolute Gasteiger partial charge is 0.126 e. The summed E-state index contributed by atoms with van der Waals surface area (Å²) < 4.78 is 6.70. The van der Waals surface area contributed by atoms with E-state index in [2.05, 4.69) is 44.7 Å². The molecule has 0 radical (unpaired) electrons. The minimum Gasteiger partial charge on any atom is -0.508 e. The zero-order valence-corrected chi connectivity index (χ0v) is 24.3. The molecule has 1 atom stereocenters. The van der Waals surface area contributed by atoms with E-state index >= 15 is 0 Å². The molecule has 1 saturated heterocycles. The van der Waals surface area contributed by atoms with E-state index in [1.165, 1.54) is 36.0 Å². The van der Waals surface area contributed by atoms with Crippen LogP contribution in [0.15, 0.2) is 41.0 Å². The van der Waals surface area contributed by atoms with E-state index in [9.17, 15) is 5.11 Å². The number of benzene rings is 1. The minimum atomic E-state index is -0.181. The van der Waals surface area contributed by atoms with Crippen LogP contribution in [-0.2, 0) is 13.0 Å². The number of likely N-dealkylation sites (tertiary alicyclic amines) is 1. The number of aryl methyl sites for hydroxylation is 1.